The summed E-state index contributed by atoms with van der Waals surface area (Å²) in [6.45, 7) is 3.45. The molecule has 116 valence electrons. The lowest BCUT2D eigenvalue weighted by Gasteiger charge is -2.12. The summed E-state index contributed by atoms with van der Waals surface area (Å²) in [5.41, 5.74) is 2.30. The highest BCUT2D eigenvalue weighted by molar-refractivity contribution is 6.00. The summed E-state index contributed by atoms with van der Waals surface area (Å²) < 4.78 is 1.83. The highest BCUT2D eigenvalue weighted by atomic mass is 16.1. The fraction of sp³-hybridized carbons (Fsp3) is 0.125. The van der Waals surface area contributed by atoms with Crippen LogP contribution in [0.25, 0.3) is 16.9 Å². The Morgan fingerprint density at radius 3 is 2.91 bits per heavy atom. The number of carbonyl (C=O) groups is 1. The first-order chi connectivity index (χ1) is 11.1. The number of fused-ring (bicyclic) bond motifs is 1. The normalized spacial score (nSPS) is 10.5. The Morgan fingerprint density at radius 2 is 2.17 bits per heavy atom. The number of hydrogen-bond donors (Lipinski definition) is 1. The van der Waals surface area contributed by atoms with Crippen molar-refractivity contribution in [1.29, 1.82) is 0 Å². The van der Waals surface area contributed by atoms with Crippen LogP contribution in [0.1, 0.15) is 0 Å². The Hall–Kier alpha value is -3.22. The van der Waals surface area contributed by atoms with Crippen molar-refractivity contribution < 1.29 is 4.79 Å². The van der Waals surface area contributed by atoms with Crippen LogP contribution >= 0.6 is 0 Å². The number of rotatable bonds is 4. The van der Waals surface area contributed by atoms with E-state index in [4.69, 9.17) is 0 Å². The SMILES string of the molecule is C=CC(=O)Nc1ccc2ncn(-c3cncc(N(C)C)n3)c2c1. The second kappa shape index (κ2) is 5.88. The van der Waals surface area contributed by atoms with Gasteiger partial charge in [0.25, 0.3) is 0 Å². The molecule has 0 aliphatic heterocycles. The third-order valence-electron chi connectivity index (χ3n) is 3.31. The monoisotopic (exact) mass is 308 g/mol. The van der Waals surface area contributed by atoms with E-state index in [2.05, 4.69) is 26.8 Å². The fourth-order valence-corrected chi connectivity index (χ4v) is 2.14. The summed E-state index contributed by atoms with van der Waals surface area (Å²) in [6, 6.07) is 5.48. The van der Waals surface area contributed by atoms with Crippen LogP contribution in [0.15, 0.2) is 49.6 Å². The molecule has 3 rings (SSSR count). The van der Waals surface area contributed by atoms with E-state index in [1.54, 1.807) is 24.8 Å². The number of amides is 1. The van der Waals surface area contributed by atoms with Gasteiger partial charge in [-0.15, -0.1) is 0 Å². The molecule has 0 spiro atoms. The first-order valence-electron chi connectivity index (χ1n) is 6.99. The highest BCUT2D eigenvalue weighted by Gasteiger charge is 2.09. The van der Waals surface area contributed by atoms with Crippen molar-refractivity contribution in [3.8, 4) is 5.82 Å². The Bertz CT molecular complexity index is 883. The first kappa shape index (κ1) is 14.7. The average Bonchev–Trinajstić information content (AvgIpc) is 2.98. The van der Waals surface area contributed by atoms with Gasteiger partial charge in [-0.25, -0.2) is 9.97 Å². The van der Waals surface area contributed by atoms with Crippen molar-refractivity contribution in [3.63, 3.8) is 0 Å². The minimum absolute atomic E-state index is 0.259. The van der Waals surface area contributed by atoms with E-state index in [1.807, 2.05) is 35.7 Å². The molecule has 1 amide bonds. The number of nitrogens with zero attached hydrogens (tertiary/aromatic N) is 5. The summed E-state index contributed by atoms with van der Waals surface area (Å²) in [7, 11) is 3.81. The smallest absolute Gasteiger partial charge is 0.247 e. The van der Waals surface area contributed by atoms with Gasteiger partial charge in [0.05, 0.1) is 23.4 Å². The topological polar surface area (TPSA) is 75.9 Å². The van der Waals surface area contributed by atoms with Crippen molar-refractivity contribution >= 4 is 28.4 Å². The minimum Gasteiger partial charge on any atom is -0.361 e. The molecule has 0 aliphatic carbocycles. The van der Waals surface area contributed by atoms with Gasteiger partial charge in [-0.3, -0.25) is 14.3 Å². The number of imidazole rings is 1. The fourth-order valence-electron chi connectivity index (χ4n) is 2.14. The molecule has 1 N–H and O–H groups in total. The zero-order valence-corrected chi connectivity index (χ0v) is 12.9. The minimum atomic E-state index is -0.259. The first-order valence-corrected chi connectivity index (χ1v) is 6.99. The zero-order chi connectivity index (χ0) is 16.4. The van der Waals surface area contributed by atoms with E-state index in [0.29, 0.717) is 11.5 Å². The van der Waals surface area contributed by atoms with Crippen LogP contribution in [0, 0.1) is 0 Å². The van der Waals surface area contributed by atoms with E-state index in [0.717, 1.165) is 16.9 Å². The molecular formula is C16H16N6O. The number of anilines is 2. The van der Waals surface area contributed by atoms with Crippen LogP contribution in [-0.4, -0.2) is 39.5 Å². The van der Waals surface area contributed by atoms with Crippen LogP contribution < -0.4 is 10.2 Å². The molecular weight excluding hydrogens is 292 g/mol. The lowest BCUT2D eigenvalue weighted by atomic mass is 10.2. The molecule has 0 unspecified atom stereocenters. The summed E-state index contributed by atoms with van der Waals surface area (Å²) in [6.07, 6.45) is 6.28. The molecule has 0 atom stereocenters. The number of aromatic nitrogens is 4. The molecule has 7 heteroatoms. The van der Waals surface area contributed by atoms with Gasteiger partial charge in [0.1, 0.15) is 12.1 Å². The Morgan fingerprint density at radius 1 is 1.35 bits per heavy atom. The second-order valence-electron chi connectivity index (χ2n) is 5.14. The van der Waals surface area contributed by atoms with Gasteiger partial charge in [-0.1, -0.05) is 6.58 Å². The molecule has 0 fully saturated rings. The molecule has 23 heavy (non-hydrogen) atoms. The highest BCUT2D eigenvalue weighted by Crippen LogP contribution is 2.21. The maximum absolute atomic E-state index is 11.5. The van der Waals surface area contributed by atoms with E-state index in [9.17, 15) is 4.79 Å². The van der Waals surface area contributed by atoms with Crippen LogP contribution in [0.2, 0.25) is 0 Å². The van der Waals surface area contributed by atoms with E-state index in [1.165, 1.54) is 6.08 Å². The maximum atomic E-state index is 11.5. The number of nitrogens with one attached hydrogen (secondary N) is 1. The van der Waals surface area contributed by atoms with Crippen molar-refractivity contribution in [2.45, 2.75) is 0 Å². The molecule has 2 heterocycles. The molecule has 0 saturated carbocycles. The lowest BCUT2D eigenvalue weighted by molar-refractivity contribution is -0.111. The Kier molecular flexibility index (Phi) is 3.76. The van der Waals surface area contributed by atoms with Crippen molar-refractivity contribution in [1.82, 2.24) is 19.5 Å². The molecule has 3 aromatic rings. The van der Waals surface area contributed by atoms with Gasteiger partial charge in [0, 0.05) is 19.8 Å². The van der Waals surface area contributed by atoms with Crippen molar-refractivity contribution in [2.24, 2.45) is 0 Å². The molecule has 0 aliphatic rings. The van der Waals surface area contributed by atoms with E-state index < -0.39 is 0 Å². The molecule has 7 nitrogen and oxygen atoms in total. The number of carbonyl (C=O) groups excluding carboxylic acids is 1. The summed E-state index contributed by atoms with van der Waals surface area (Å²) in [5, 5.41) is 2.74. The van der Waals surface area contributed by atoms with Crippen LogP contribution in [0.3, 0.4) is 0 Å². The van der Waals surface area contributed by atoms with Gasteiger partial charge in [0.15, 0.2) is 5.82 Å². The standard InChI is InChI=1S/C16H16N6O/c1-4-16(23)19-11-5-6-12-13(7-11)22(10-18-12)15-9-17-8-14(20-15)21(2)3/h4-10H,1H2,2-3H3,(H,19,23). The van der Waals surface area contributed by atoms with Gasteiger partial charge in [0.2, 0.25) is 5.91 Å². The number of hydrogen-bond acceptors (Lipinski definition) is 5. The molecule has 1 aromatic carbocycles. The third kappa shape index (κ3) is 2.89. The Balaban J connectivity index is 2.07. The summed E-state index contributed by atoms with van der Waals surface area (Å²) in [4.78, 5) is 26.5. The van der Waals surface area contributed by atoms with Crippen molar-refractivity contribution in [2.75, 3.05) is 24.3 Å². The Labute approximate surface area is 133 Å². The molecule has 0 bridgehead atoms. The lowest BCUT2D eigenvalue weighted by Crippen LogP contribution is -2.12. The summed E-state index contributed by atoms with van der Waals surface area (Å²) >= 11 is 0. The van der Waals surface area contributed by atoms with Gasteiger partial charge in [-0.05, 0) is 24.3 Å². The van der Waals surface area contributed by atoms with E-state index >= 15 is 0 Å². The van der Waals surface area contributed by atoms with Gasteiger partial charge >= 0.3 is 0 Å². The molecule has 0 saturated heterocycles. The predicted molar refractivity (Wildman–Crippen MR) is 89.8 cm³/mol. The third-order valence-corrected chi connectivity index (χ3v) is 3.31. The molecule has 2 aromatic heterocycles. The average molecular weight is 308 g/mol. The maximum Gasteiger partial charge on any atom is 0.247 e. The number of benzene rings is 1. The molecule has 0 radical (unpaired) electrons. The zero-order valence-electron chi connectivity index (χ0n) is 12.9. The van der Waals surface area contributed by atoms with Crippen LogP contribution in [0.5, 0.6) is 0 Å². The largest absolute Gasteiger partial charge is 0.361 e. The second-order valence-corrected chi connectivity index (χ2v) is 5.14. The van der Waals surface area contributed by atoms with Crippen LogP contribution in [0.4, 0.5) is 11.5 Å². The quantitative estimate of drug-likeness (QED) is 0.746. The van der Waals surface area contributed by atoms with E-state index in [-0.39, 0.29) is 5.91 Å². The van der Waals surface area contributed by atoms with Gasteiger partial charge in [-0.2, -0.15) is 0 Å². The van der Waals surface area contributed by atoms with Crippen molar-refractivity contribution in [3.05, 3.63) is 49.6 Å². The van der Waals surface area contributed by atoms with Crippen LogP contribution in [-0.2, 0) is 4.79 Å². The summed E-state index contributed by atoms with van der Waals surface area (Å²) in [5.74, 6) is 1.15. The van der Waals surface area contributed by atoms with Gasteiger partial charge < -0.3 is 10.2 Å². The predicted octanol–water partition coefficient (Wildman–Crippen LogP) is 2.01.